The van der Waals surface area contributed by atoms with Crippen molar-refractivity contribution in [1.29, 1.82) is 0 Å². The lowest BCUT2D eigenvalue weighted by atomic mass is 10.2. The van der Waals surface area contributed by atoms with Crippen LogP contribution in [0.15, 0.2) is 16.3 Å². The average Bonchev–Trinajstić information content (AvgIpc) is 3.14. The molecular weight excluding hydrogens is 366 g/mol. The number of carbonyl (C=O) groups is 1. The molecule has 1 aliphatic heterocycles. The zero-order valence-corrected chi connectivity index (χ0v) is 16.0. The van der Waals surface area contributed by atoms with Crippen molar-refractivity contribution in [2.24, 2.45) is 0 Å². The van der Waals surface area contributed by atoms with E-state index in [9.17, 15) is 13.2 Å². The summed E-state index contributed by atoms with van der Waals surface area (Å²) in [6.07, 6.45) is 2.94. The first-order valence-corrected chi connectivity index (χ1v) is 10.8. The first-order chi connectivity index (χ1) is 11.4. The van der Waals surface area contributed by atoms with Crippen LogP contribution in [-0.2, 0) is 14.8 Å². The average molecular weight is 386 g/mol. The van der Waals surface area contributed by atoms with E-state index in [-0.39, 0.29) is 5.91 Å². The van der Waals surface area contributed by atoms with Gasteiger partial charge in [-0.2, -0.15) is 4.31 Å². The fourth-order valence-corrected chi connectivity index (χ4v) is 6.79. The molecule has 3 heterocycles. The number of thiazole rings is 1. The maximum atomic E-state index is 12.7. The van der Waals surface area contributed by atoms with Crippen molar-refractivity contribution in [2.45, 2.75) is 37.3 Å². The first-order valence-electron chi connectivity index (χ1n) is 7.73. The summed E-state index contributed by atoms with van der Waals surface area (Å²) < 4.78 is 27.4. The number of sulfonamides is 1. The molecule has 0 bridgehead atoms. The molecule has 0 spiro atoms. The van der Waals surface area contributed by atoms with Gasteiger partial charge in [0.05, 0.1) is 10.6 Å². The number of aryl methyl sites for hydroxylation is 1. The quantitative estimate of drug-likeness (QED) is 0.876. The van der Waals surface area contributed by atoms with Crippen LogP contribution in [0.25, 0.3) is 9.75 Å². The Morgan fingerprint density at radius 1 is 1.21 bits per heavy atom. The molecule has 1 fully saturated rings. The summed E-state index contributed by atoms with van der Waals surface area (Å²) in [6, 6.07) is 3.49. The van der Waals surface area contributed by atoms with Gasteiger partial charge in [-0.3, -0.25) is 4.79 Å². The van der Waals surface area contributed by atoms with E-state index in [1.165, 1.54) is 29.6 Å². The van der Waals surface area contributed by atoms with Crippen LogP contribution in [0.3, 0.4) is 0 Å². The van der Waals surface area contributed by atoms with E-state index in [0.29, 0.717) is 22.4 Å². The molecular formula is C15H19N3O3S3. The SMILES string of the molecule is CC(=O)Nc1nc(C)c(-c2ccc(S(=O)(=O)N3CCCCC3)s2)s1. The van der Waals surface area contributed by atoms with Crippen LogP contribution < -0.4 is 5.32 Å². The molecule has 0 saturated carbocycles. The Hall–Kier alpha value is -1.29. The molecule has 0 unspecified atom stereocenters. The number of aromatic nitrogens is 1. The van der Waals surface area contributed by atoms with Crippen LogP contribution >= 0.6 is 22.7 Å². The fourth-order valence-electron chi connectivity index (χ4n) is 2.64. The normalized spacial score (nSPS) is 16.2. The summed E-state index contributed by atoms with van der Waals surface area (Å²) >= 11 is 2.62. The van der Waals surface area contributed by atoms with Crippen LogP contribution in [0.5, 0.6) is 0 Å². The van der Waals surface area contributed by atoms with Gasteiger partial charge >= 0.3 is 0 Å². The molecule has 0 radical (unpaired) electrons. The van der Waals surface area contributed by atoms with Crippen molar-refractivity contribution in [3.63, 3.8) is 0 Å². The smallest absolute Gasteiger partial charge is 0.252 e. The highest BCUT2D eigenvalue weighted by molar-refractivity contribution is 7.91. The van der Waals surface area contributed by atoms with E-state index in [0.717, 1.165) is 34.7 Å². The summed E-state index contributed by atoms with van der Waals surface area (Å²) in [6.45, 7) is 4.49. The third kappa shape index (κ3) is 3.53. The van der Waals surface area contributed by atoms with Gasteiger partial charge in [0, 0.05) is 24.9 Å². The van der Waals surface area contributed by atoms with Crippen molar-refractivity contribution in [3.8, 4) is 9.75 Å². The Balaban J connectivity index is 1.88. The molecule has 0 aromatic carbocycles. The highest BCUT2D eigenvalue weighted by Gasteiger charge is 2.28. The minimum absolute atomic E-state index is 0.171. The van der Waals surface area contributed by atoms with Gasteiger partial charge in [0.25, 0.3) is 10.0 Å². The maximum Gasteiger partial charge on any atom is 0.252 e. The second kappa shape index (κ2) is 6.91. The summed E-state index contributed by atoms with van der Waals surface area (Å²) in [5, 5.41) is 3.20. The van der Waals surface area contributed by atoms with E-state index in [4.69, 9.17) is 0 Å². The van der Waals surface area contributed by atoms with Crippen LogP contribution in [0.4, 0.5) is 5.13 Å². The predicted octanol–water partition coefficient (Wildman–Crippen LogP) is 3.31. The lowest BCUT2D eigenvalue weighted by molar-refractivity contribution is -0.114. The molecule has 2 aromatic heterocycles. The van der Waals surface area contributed by atoms with E-state index >= 15 is 0 Å². The van der Waals surface area contributed by atoms with Crippen molar-refractivity contribution in [2.75, 3.05) is 18.4 Å². The summed E-state index contributed by atoms with van der Waals surface area (Å²) in [5.41, 5.74) is 0.785. The van der Waals surface area contributed by atoms with Crippen LogP contribution in [0.1, 0.15) is 31.9 Å². The zero-order chi connectivity index (χ0) is 17.3. The van der Waals surface area contributed by atoms with Gasteiger partial charge in [-0.25, -0.2) is 13.4 Å². The molecule has 2 aromatic rings. The number of anilines is 1. The van der Waals surface area contributed by atoms with Crippen molar-refractivity contribution in [1.82, 2.24) is 9.29 Å². The molecule has 1 aliphatic rings. The molecule has 3 rings (SSSR count). The number of hydrogen-bond donors (Lipinski definition) is 1. The molecule has 6 nitrogen and oxygen atoms in total. The Kier molecular flexibility index (Phi) is 5.05. The largest absolute Gasteiger partial charge is 0.302 e. The molecule has 24 heavy (non-hydrogen) atoms. The van der Waals surface area contributed by atoms with Gasteiger partial charge in [0.2, 0.25) is 5.91 Å². The van der Waals surface area contributed by atoms with Crippen LogP contribution in [0, 0.1) is 6.92 Å². The number of amides is 1. The van der Waals surface area contributed by atoms with Crippen molar-refractivity contribution < 1.29 is 13.2 Å². The van der Waals surface area contributed by atoms with Crippen molar-refractivity contribution in [3.05, 3.63) is 17.8 Å². The number of piperidine rings is 1. The van der Waals surface area contributed by atoms with E-state index in [1.807, 2.05) is 13.0 Å². The second-order valence-electron chi connectivity index (χ2n) is 5.70. The monoisotopic (exact) mass is 385 g/mol. The minimum atomic E-state index is -3.41. The van der Waals surface area contributed by atoms with E-state index < -0.39 is 10.0 Å². The fraction of sp³-hybridized carbons (Fsp3) is 0.467. The van der Waals surface area contributed by atoms with Gasteiger partial charge < -0.3 is 5.32 Å². The first kappa shape index (κ1) is 17.5. The molecule has 1 saturated heterocycles. The lowest BCUT2D eigenvalue weighted by Crippen LogP contribution is -2.35. The lowest BCUT2D eigenvalue weighted by Gasteiger charge is -2.25. The third-order valence-corrected chi connectivity index (χ3v) is 8.50. The summed E-state index contributed by atoms with van der Waals surface area (Å²) in [7, 11) is -3.41. The van der Waals surface area contributed by atoms with Crippen molar-refractivity contribution >= 4 is 43.7 Å². The molecule has 0 atom stereocenters. The Morgan fingerprint density at radius 2 is 1.92 bits per heavy atom. The van der Waals surface area contributed by atoms with Gasteiger partial charge in [-0.05, 0) is 31.9 Å². The standard InChI is InChI=1S/C15H19N3O3S3/c1-10-14(23-15(16-10)17-11(2)19)12-6-7-13(22-12)24(20,21)18-8-4-3-5-9-18/h6-7H,3-5,8-9H2,1-2H3,(H,16,17,19). The highest BCUT2D eigenvalue weighted by Crippen LogP contribution is 2.39. The Labute approximate surface area is 149 Å². The molecule has 130 valence electrons. The molecule has 9 heteroatoms. The zero-order valence-electron chi connectivity index (χ0n) is 13.5. The minimum Gasteiger partial charge on any atom is -0.302 e. The number of hydrogen-bond acceptors (Lipinski definition) is 6. The molecule has 1 amide bonds. The van der Waals surface area contributed by atoms with E-state index in [2.05, 4.69) is 10.3 Å². The van der Waals surface area contributed by atoms with Gasteiger partial charge in [0.15, 0.2) is 5.13 Å². The number of nitrogens with one attached hydrogen (secondary N) is 1. The van der Waals surface area contributed by atoms with Gasteiger partial charge in [-0.15, -0.1) is 11.3 Å². The topological polar surface area (TPSA) is 79.4 Å². The molecule has 1 N–H and O–H groups in total. The predicted molar refractivity (Wildman–Crippen MR) is 97.1 cm³/mol. The maximum absolute atomic E-state index is 12.7. The Morgan fingerprint density at radius 3 is 2.58 bits per heavy atom. The molecule has 0 aliphatic carbocycles. The number of thiophene rings is 1. The third-order valence-electron chi connectivity index (χ3n) is 3.79. The summed E-state index contributed by atoms with van der Waals surface area (Å²) in [4.78, 5) is 17.2. The Bertz CT molecular complexity index is 848. The highest BCUT2D eigenvalue weighted by atomic mass is 32.2. The van der Waals surface area contributed by atoms with E-state index in [1.54, 1.807) is 10.4 Å². The summed E-state index contributed by atoms with van der Waals surface area (Å²) in [5.74, 6) is -0.171. The van der Waals surface area contributed by atoms with Crippen LogP contribution in [-0.4, -0.2) is 36.7 Å². The number of rotatable bonds is 4. The second-order valence-corrected chi connectivity index (χ2v) is 9.95. The van der Waals surface area contributed by atoms with Crippen LogP contribution in [0.2, 0.25) is 0 Å². The van der Waals surface area contributed by atoms with Gasteiger partial charge in [0.1, 0.15) is 4.21 Å². The number of nitrogens with zero attached hydrogens (tertiary/aromatic N) is 2. The number of carbonyl (C=O) groups excluding carboxylic acids is 1. The van der Waals surface area contributed by atoms with Gasteiger partial charge in [-0.1, -0.05) is 17.8 Å².